The van der Waals surface area contributed by atoms with Gasteiger partial charge in [-0.3, -0.25) is 0 Å². The fraction of sp³-hybridized carbons (Fsp3) is 0.167. The largest absolute Gasteiger partial charge is 0.456 e. The molecular weight excluding hydrogens is 365 g/mol. The van der Waals surface area contributed by atoms with E-state index in [0.29, 0.717) is 27.1 Å². The lowest BCUT2D eigenvalue weighted by atomic mass is 9.81. The third-order valence-corrected chi connectivity index (χ3v) is 5.16. The van der Waals surface area contributed by atoms with Crippen molar-refractivity contribution < 1.29 is 19.0 Å². The van der Waals surface area contributed by atoms with E-state index < -0.39 is 0 Å². The van der Waals surface area contributed by atoms with Crippen molar-refractivity contribution in [1.29, 1.82) is 0 Å². The molecule has 0 amide bonds. The van der Waals surface area contributed by atoms with E-state index in [0.717, 1.165) is 22.5 Å². The molecule has 1 N–H and O–H groups in total. The van der Waals surface area contributed by atoms with Gasteiger partial charge in [0.1, 0.15) is 6.61 Å². The summed E-state index contributed by atoms with van der Waals surface area (Å²) in [4.78, 5) is 12.4. The van der Waals surface area contributed by atoms with E-state index in [4.69, 9.17) is 37.4 Å². The van der Waals surface area contributed by atoms with Gasteiger partial charge in [0.2, 0.25) is 6.79 Å². The number of ether oxygens (including phenoxy) is 3. The number of halogens is 2. The highest BCUT2D eigenvalue weighted by Gasteiger charge is 2.40. The van der Waals surface area contributed by atoms with Crippen LogP contribution in [0.1, 0.15) is 17.0 Å². The molecule has 0 bridgehead atoms. The predicted molar refractivity (Wildman–Crippen MR) is 92.5 cm³/mol. The molecule has 1 atom stereocenters. The Kier molecular flexibility index (Phi) is 3.17. The van der Waals surface area contributed by atoms with Crippen molar-refractivity contribution in [3.63, 3.8) is 0 Å². The van der Waals surface area contributed by atoms with Crippen LogP contribution in [0.2, 0.25) is 10.0 Å². The van der Waals surface area contributed by atoms with Gasteiger partial charge in [-0.2, -0.15) is 0 Å². The third kappa shape index (κ3) is 2.19. The van der Waals surface area contributed by atoms with Crippen molar-refractivity contribution in [2.24, 2.45) is 0 Å². The highest BCUT2D eigenvalue weighted by molar-refractivity contribution is 6.35. The molecule has 1 unspecified atom stereocenters. The van der Waals surface area contributed by atoms with Gasteiger partial charge >= 0.3 is 5.97 Å². The SMILES string of the molecule is O=C1OCC2=C1C(c1ccc(Cl)cc1Cl)c1cc3c(cc1N2)OCO3. The van der Waals surface area contributed by atoms with E-state index in [-0.39, 0.29) is 25.3 Å². The number of hydrogen-bond donors (Lipinski definition) is 1. The van der Waals surface area contributed by atoms with Crippen LogP contribution in [0.3, 0.4) is 0 Å². The average molecular weight is 376 g/mol. The fourth-order valence-electron chi connectivity index (χ4n) is 3.49. The maximum atomic E-state index is 12.4. The topological polar surface area (TPSA) is 56.8 Å². The molecule has 25 heavy (non-hydrogen) atoms. The maximum Gasteiger partial charge on any atom is 0.337 e. The van der Waals surface area contributed by atoms with Gasteiger partial charge in [-0.25, -0.2) is 4.79 Å². The monoisotopic (exact) mass is 375 g/mol. The molecule has 0 fully saturated rings. The summed E-state index contributed by atoms with van der Waals surface area (Å²) in [7, 11) is 0. The van der Waals surface area contributed by atoms with E-state index in [1.54, 1.807) is 12.1 Å². The van der Waals surface area contributed by atoms with Crippen LogP contribution in [0.5, 0.6) is 11.5 Å². The predicted octanol–water partition coefficient (Wildman–Crippen LogP) is 4.09. The van der Waals surface area contributed by atoms with Gasteiger partial charge in [0, 0.05) is 27.7 Å². The Morgan fingerprint density at radius 3 is 2.60 bits per heavy atom. The van der Waals surface area contributed by atoms with Crippen LogP contribution in [0.25, 0.3) is 0 Å². The lowest BCUT2D eigenvalue weighted by molar-refractivity contribution is -0.136. The smallest absolute Gasteiger partial charge is 0.337 e. The number of nitrogens with one attached hydrogen (secondary N) is 1. The second-order valence-corrected chi connectivity index (χ2v) is 6.83. The summed E-state index contributed by atoms with van der Waals surface area (Å²) in [6.07, 6.45) is 0. The van der Waals surface area contributed by atoms with Crippen molar-refractivity contribution >= 4 is 34.9 Å². The number of hydrogen-bond acceptors (Lipinski definition) is 5. The summed E-state index contributed by atoms with van der Waals surface area (Å²) in [5.41, 5.74) is 3.82. The number of fused-ring (bicyclic) bond motifs is 2. The second-order valence-electron chi connectivity index (χ2n) is 5.98. The van der Waals surface area contributed by atoms with Crippen LogP contribution in [0, 0.1) is 0 Å². The highest BCUT2D eigenvalue weighted by Crippen LogP contribution is 2.50. The molecule has 3 aliphatic heterocycles. The molecule has 3 aliphatic rings. The van der Waals surface area contributed by atoms with Crippen LogP contribution in [-0.2, 0) is 9.53 Å². The van der Waals surface area contributed by atoms with Gasteiger partial charge in [0.25, 0.3) is 0 Å². The zero-order valence-electron chi connectivity index (χ0n) is 12.8. The van der Waals surface area contributed by atoms with Crippen molar-refractivity contribution in [2.75, 3.05) is 18.7 Å². The molecule has 5 rings (SSSR count). The minimum Gasteiger partial charge on any atom is -0.456 e. The third-order valence-electron chi connectivity index (χ3n) is 4.60. The summed E-state index contributed by atoms with van der Waals surface area (Å²) in [6, 6.07) is 9.04. The van der Waals surface area contributed by atoms with E-state index >= 15 is 0 Å². The Labute approximate surface area is 153 Å². The lowest BCUT2D eigenvalue weighted by Crippen LogP contribution is -2.20. The first-order valence-corrected chi connectivity index (χ1v) is 8.43. The average Bonchev–Trinajstić information content (AvgIpc) is 3.18. The number of esters is 1. The van der Waals surface area contributed by atoms with Crippen molar-refractivity contribution in [3.05, 3.63) is 62.8 Å². The second kappa shape index (κ2) is 5.31. The molecule has 0 saturated heterocycles. The molecular formula is C18H11Cl2NO4. The molecule has 7 heteroatoms. The molecule has 0 saturated carbocycles. The number of cyclic esters (lactones) is 1. The quantitative estimate of drug-likeness (QED) is 0.760. The minimum absolute atomic E-state index is 0.180. The summed E-state index contributed by atoms with van der Waals surface area (Å²) < 4.78 is 16.2. The Bertz CT molecular complexity index is 970. The van der Waals surface area contributed by atoms with Crippen molar-refractivity contribution in [3.8, 4) is 11.5 Å². The molecule has 3 heterocycles. The Morgan fingerprint density at radius 1 is 1.00 bits per heavy atom. The van der Waals surface area contributed by atoms with Crippen LogP contribution in [0.4, 0.5) is 5.69 Å². The van der Waals surface area contributed by atoms with Crippen molar-refractivity contribution in [1.82, 2.24) is 0 Å². The molecule has 5 nitrogen and oxygen atoms in total. The first kappa shape index (κ1) is 14.9. The Balaban J connectivity index is 1.76. The first-order chi connectivity index (χ1) is 12.1. The van der Waals surface area contributed by atoms with E-state index in [1.165, 1.54) is 0 Å². The normalized spacial score (nSPS) is 20.1. The van der Waals surface area contributed by atoms with E-state index in [9.17, 15) is 4.79 Å². The number of carbonyl (C=O) groups is 1. The molecule has 0 radical (unpaired) electrons. The number of rotatable bonds is 1. The summed E-state index contributed by atoms with van der Waals surface area (Å²) in [5, 5.41) is 4.31. The highest BCUT2D eigenvalue weighted by atomic mass is 35.5. The van der Waals surface area contributed by atoms with Gasteiger partial charge < -0.3 is 19.5 Å². The zero-order valence-corrected chi connectivity index (χ0v) is 14.3. The number of anilines is 1. The van der Waals surface area contributed by atoms with Crippen LogP contribution in [0.15, 0.2) is 41.6 Å². The lowest BCUT2D eigenvalue weighted by Gasteiger charge is -2.28. The van der Waals surface area contributed by atoms with Gasteiger partial charge in [0.05, 0.1) is 11.3 Å². The van der Waals surface area contributed by atoms with Crippen LogP contribution < -0.4 is 14.8 Å². The van der Waals surface area contributed by atoms with Gasteiger partial charge in [0.15, 0.2) is 11.5 Å². The molecule has 2 aromatic rings. The van der Waals surface area contributed by atoms with Gasteiger partial charge in [-0.05, 0) is 29.3 Å². The summed E-state index contributed by atoms with van der Waals surface area (Å²) >= 11 is 12.5. The van der Waals surface area contributed by atoms with Crippen LogP contribution >= 0.6 is 23.2 Å². The zero-order chi connectivity index (χ0) is 17.1. The maximum absolute atomic E-state index is 12.4. The number of carbonyl (C=O) groups excluding carboxylic acids is 1. The van der Waals surface area contributed by atoms with Gasteiger partial charge in [-0.15, -0.1) is 0 Å². The van der Waals surface area contributed by atoms with E-state index in [2.05, 4.69) is 5.32 Å². The summed E-state index contributed by atoms with van der Waals surface area (Å²) in [5.74, 6) is 0.606. The standard InChI is InChI=1S/C18H11Cl2NO4/c19-8-1-2-9(11(20)3-8)16-10-4-14-15(25-7-24-14)5-12(10)21-13-6-23-18(22)17(13)16/h1-5,16,21H,6-7H2. The fourth-order valence-corrected chi connectivity index (χ4v) is 4.01. The molecule has 0 spiro atoms. The Hall–Kier alpha value is -2.37. The van der Waals surface area contributed by atoms with Crippen LogP contribution in [-0.4, -0.2) is 19.4 Å². The van der Waals surface area contributed by atoms with Crippen molar-refractivity contribution in [2.45, 2.75) is 5.92 Å². The molecule has 2 aromatic carbocycles. The Morgan fingerprint density at radius 2 is 1.80 bits per heavy atom. The molecule has 0 aromatic heterocycles. The molecule has 126 valence electrons. The minimum atomic E-state index is -0.361. The first-order valence-electron chi connectivity index (χ1n) is 7.67. The van der Waals surface area contributed by atoms with E-state index in [1.807, 2.05) is 18.2 Å². The number of benzene rings is 2. The summed E-state index contributed by atoms with van der Waals surface area (Å²) in [6.45, 7) is 0.392. The van der Waals surface area contributed by atoms with Gasteiger partial charge in [-0.1, -0.05) is 29.3 Å². The molecule has 0 aliphatic carbocycles.